The molecule has 1 heterocycles. The van der Waals surface area contributed by atoms with Gasteiger partial charge in [-0.25, -0.2) is 0 Å². The molecule has 0 amide bonds. The van der Waals surface area contributed by atoms with Crippen molar-refractivity contribution in [2.75, 3.05) is 0 Å². The van der Waals surface area contributed by atoms with Gasteiger partial charge in [-0.1, -0.05) is 36.4 Å². The van der Waals surface area contributed by atoms with E-state index in [1.165, 1.54) is 16.7 Å². The predicted octanol–water partition coefficient (Wildman–Crippen LogP) is 3.26. The van der Waals surface area contributed by atoms with Gasteiger partial charge in [0.05, 0.1) is 0 Å². The molecule has 1 aliphatic carbocycles. The van der Waals surface area contributed by atoms with E-state index in [0.717, 1.165) is 18.5 Å². The minimum atomic E-state index is 0.942. The smallest absolute Gasteiger partial charge is 0.0447 e. The summed E-state index contributed by atoms with van der Waals surface area (Å²) in [5, 5.41) is 0. The molecule has 16 heavy (non-hydrogen) atoms. The summed E-state index contributed by atoms with van der Waals surface area (Å²) in [6.45, 7) is 0. The summed E-state index contributed by atoms with van der Waals surface area (Å²) in [4.78, 5) is 4.37. The zero-order chi connectivity index (χ0) is 10.8. The first kappa shape index (κ1) is 9.34. The lowest BCUT2D eigenvalue weighted by Crippen LogP contribution is -1.91. The minimum Gasteiger partial charge on any atom is -0.261 e. The van der Waals surface area contributed by atoms with E-state index in [1.807, 2.05) is 18.3 Å². The molecule has 0 saturated heterocycles. The summed E-state index contributed by atoms with van der Waals surface area (Å²) < 4.78 is 0. The molecule has 0 bridgehead atoms. The molecule has 0 fully saturated rings. The van der Waals surface area contributed by atoms with Gasteiger partial charge in [0.1, 0.15) is 0 Å². The molecule has 0 radical (unpaired) electrons. The number of pyridine rings is 1. The Kier molecular flexibility index (Phi) is 2.30. The average molecular weight is 207 g/mol. The first-order valence-corrected chi connectivity index (χ1v) is 5.61. The monoisotopic (exact) mass is 207 g/mol. The molecule has 1 nitrogen and oxygen atoms in total. The van der Waals surface area contributed by atoms with Crippen LogP contribution in [0.25, 0.3) is 5.57 Å². The van der Waals surface area contributed by atoms with Crippen LogP contribution in [-0.2, 0) is 12.8 Å². The highest BCUT2D eigenvalue weighted by atomic mass is 14.7. The average Bonchev–Trinajstić information content (AvgIpc) is 2.74. The Morgan fingerprint density at radius 2 is 1.88 bits per heavy atom. The summed E-state index contributed by atoms with van der Waals surface area (Å²) in [5.74, 6) is 0. The van der Waals surface area contributed by atoms with Crippen LogP contribution in [0.1, 0.15) is 16.8 Å². The van der Waals surface area contributed by atoms with Crippen molar-refractivity contribution < 1.29 is 0 Å². The predicted molar refractivity (Wildman–Crippen MR) is 66.1 cm³/mol. The fraction of sp³-hybridized carbons (Fsp3) is 0.133. The second-order valence-electron chi connectivity index (χ2n) is 4.09. The second-order valence-corrected chi connectivity index (χ2v) is 4.09. The molecule has 1 aliphatic rings. The van der Waals surface area contributed by atoms with Gasteiger partial charge in [-0.2, -0.15) is 0 Å². The van der Waals surface area contributed by atoms with Crippen molar-refractivity contribution in [3.05, 3.63) is 71.6 Å². The lowest BCUT2D eigenvalue weighted by molar-refractivity contribution is 1.12. The molecule has 78 valence electrons. The summed E-state index contributed by atoms with van der Waals surface area (Å²) in [7, 11) is 0. The van der Waals surface area contributed by atoms with Crippen LogP contribution in [0.2, 0.25) is 0 Å². The number of nitrogens with zero attached hydrogens (tertiary/aromatic N) is 1. The minimum absolute atomic E-state index is 0.942. The van der Waals surface area contributed by atoms with Crippen LogP contribution in [0.15, 0.2) is 54.7 Å². The van der Waals surface area contributed by atoms with Gasteiger partial charge in [0, 0.05) is 18.3 Å². The van der Waals surface area contributed by atoms with Gasteiger partial charge >= 0.3 is 0 Å². The molecule has 0 aliphatic heterocycles. The number of rotatable bonds is 2. The summed E-state index contributed by atoms with van der Waals surface area (Å²) in [6, 6.07) is 14.7. The maximum atomic E-state index is 4.37. The van der Waals surface area contributed by atoms with Crippen molar-refractivity contribution >= 4 is 5.57 Å². The Morgan fingerprint density at radius 3 is 2.75 bits per heavy atom. The Labute approximate surface area is 95.5 Å². The van der Waals surface area contributed by atoms with Crippen molar-refractivity contribution in [1.82, 2.24) is 4.98 Å². The number of hydrogen-bond donors (Lipinski definition) is 0. The molecule has 0 saturated carbocycles. The number of benzene rings is 1. The normalized spacial score (nSPS) is 13.4. The Bertz CT molecular complexity index is 526. The molecular formula is C15H13N. The highest BCUT2D eigenvalue weighted by Gasteiger charge is 2.13. The van der Waals surface area contributed by atoms with E-state index in [2.05, 4.69) is 41.4 Å². The van der Waals surface area contributed by atoms with Gasteiger partial charge in [0.2, 0.25) is 0 Å². The third kappa shape index (κ3) is 1.65. The lowest BCUT2D eigenvalue weighted by Gasteiger charge is -2.04. The highest BCUT2D eigenvalue weighted by molar-refractivity contribution is 5.74. The molecular weight excluding hydrogens is 194 g/mol. The van der Waals surface area contributed by atoms with Gasteiger partial charge in [0.15, 0.2) is 0 Å². The van der Waals surface area contributed by atoms with Gasteiger partial charge < -0.3 is 0 Å². The van der Waals surface area contributed by atoms with Crippen LogP contribution in [-0.4, -0.2) is 4.98 Å². The molecule has 3 rings (SSSR count). The maximum absolute atomic E-state index is 4.37. The van der Waals surface area contributed by atoms with Crippen LogP contribution in [0.3, 0.4) is 0 Å². The molecule has 0 atom stereocenters. The van der Waals surface area contributed by atoms with E-state index in [9.17, 15) is 0 Å². The van der Waals surface area contributed by atoms with Crippen LogP contribution in [0.4, 0.5) is 0 Å². The topological polar surface area (TPSA) is 12.9 Å². The maximum Gasteiger partial charge on any atom is 0.0447 e. The standard InChI is InChI=1S/C15H13N/c1-2-7-15-12(5-1)8-9-13(15)11-14-6-3-4-10-16-14/h1-7,9-10H,8,11H2. The number of allylic oxidation sites excluding steroid dienone is 2. The van der Waals surface area contributed by atoms with E-state index in [0.29, 0.717) is 0 Å². The van der Waals surface area contributed by atoms with E-state index in [4.69, 9.17) is 0 Å². The number of aromatic nitrogens is 1. The third-order valence-electron chi connectivity index (χ3n) is 3.03. The van der Waals surface area contributed by atoms with Crippen molar-refractivity contribution in [3.8, 4) is 0 Å². The number of fused-ring (bicyclic) bond motifs is 1. The molecule has 0 spiro atoms. The number of hydrogen-bond acceptors (Lipinski definition) is 1. The molecule has 1 aromatic heterocycles. The van der Waals surface area contributed by atoms with E-state index >= 15 is 0 Å². The Hall–Kier alpha value is -1.89. The fourth-order valence-corrected chi connectivity index (χ4v) is 2.22. The van der Waals surface area contributed by atoms with Crippen molar-refractivity contribution in [2.45, 2.75) is 12.8 Å². The molecule has 0 unspecified atom stereocenters. The Balaban J connectivity index is 1.89. The highest BCUT2D eigenvalue weighted by Crippen LogP contribution is 2.29. The summed E-state index contributed by atoms with van der Waals surface area (Å²) in [5.41, 5.74) is 5.39. The van der Waals surface area contributed by atoms with Crippen molar-refractivity contribution in [3.63, 3.8) is 0 Å². The quantitative estimate of drug-likeness (QED) is 0.736. The largest absolute Gasteiger partial charge is 0.261 e. The van der Waals surface area contributed by atoms with Gasteiger partial charge in [-0.05, 0) is 35.3 Å². The van der Waals surface area contributed by atoms with Crippen LogP contribution >= 0.6 is 0 Å². The zero-order valence-corrected chi connectivity index (χ0v) is 9.06. The lowest BCUT2D eigenvalue weighted by atomic mass is 10.0. The third-order valence-corrected chi connectivity index (χ3v) is 3.03. The van der Waals surface area contributed by atoms with Crippen molar-refractivity contribution in [1.29, 1.82) is 0 Å². The van der Waals surface area contributed by atoms with Crippen LogP contribution < -0.4 is 0 Å². The SMILES string of the molecule is C1=C(Cc2ccccn2)c2ccccc2C1. The summed E-state index contributed by atoms with van der Waals surface area (Å²) in [6.07, 6.45) is 6.19. The first-order valence-electron chi connectivity index (χ1n) is 5.61. The Morgan fingerprint density at radius 1 is 1.00 bits per heavy atom. The summed E-state index contributed by atoms with van der Waals surface area (Å²) >= 11 is 0. The van der Waals surface area contributed by atoms with Gasteiger partial charge in [-0.3, -0.25) is 4.98 Å². The molecule has 1 aromatic carbocycles. The van der Waals surface area contributed by atoms with Crippen LogP contribution in [0, 0.1) is 0 Å². The fourth-order valence-electron chi connectivity index (χ4n) is 2.22. The van der Waals surface area contributed by atoms with E-state index in [-0.39, 0.29) is 0 Å². The second kappa shape index (κ2) is 3.93. The zero-order valence-electron chi connectivity index (χ0n) is 9.06. The van der Waals surface area contributed by atoms with Crippen molar-refractivity contribution in [2.24, 2.45) is 0 Å². The molecule has 0 N–H and O–H groups in total. The first-order chi connectivity index (χ1) is 7.93. The van der Waals surface area contributed by atoms with E-state index < -0.39 is 0 Å². The van der Waals surface area contributed by atoms with E-state index in [1.54, 1.807) is 0 Å². The molecule has 2 aromatic rings. The van der Waals surface area contributed by atoms with Gasteiger partial charge in [0.25, 0.3) is 0 Å². The van der Waals surface area contributed by atoms with Gasteiger partial charge in [-0.15, -0.1) is 0 Å². The van der Waals surface area contributed by atoms with Crippen LogP contribution in [0.5, 0.6) is 0 Å². The molecule has 1 heteroatoms.